The number of methoxy groups -OCH3 is 1. The average Bonchev–Trinajstić information content (AvgIpc) is 3.12. The van der Waals surface area contributed by atoms with E-state index >= 15 is 0 Å². The molecule has 3 rings (SSSR count). The molecule has 0 unspecified atom stereocenters. The van der Waals surface area contributed by atoms with E-state index in [0.717, 1.165) is 18.4 Å². The van der Waals surface area contributed by atoms with Crippen molar-refractivity contribution in [2.45, 2.75) is 56.9 Å². The van der Waals surface area contributed by atoms with E-state index in [-0.39, 0.29) is 30.1 Å². The van der Waals surface area contributed by atoms with Gasteiger partial charge in [-0.25, -0.2) is 4.79 Å². The maximum atomic E-state index is 12.8. The Kier molecular flexibility index (Phi) is 4.39. The van der Waals surface area contributed by atoms with Gasteiger partial charge in [-0.3, -0.25) is 9.48 Å². The number of esters is 1. The van der Waals surface area contributed by atoms with Gasteiger partial charge < -0.3 is 14.4 Å². The van der Waals surface area contributed by atoms with Crippen LogP contribution in [0.4, 0.5) is 0 Å². The minimum atomic E-state index is -0.561. The number of nitrogens with zero attached hydrogens (tertiary/aromatic N) is 3. The quantitative estimate of drug-likeness (QED) is 0.765. The number of likely N-dealkylation sites (tertiary alicyclic amines) is 1. The summed E-state index contributed by atoms with van der Waals surface area (Å²) in [5.41, 5.74) is 0.898. The predicted molar refractivity (Wildman–Crippen MR) is 81.5 cm³/mol. The average molecular weight is 321 g/mol. The second-order valence-corrected chi connectivity index (χ2v) is 6.42. The topological polar surface area (TPSA) is 73.7 Å². The minimum absolute atomic E-state index is 0.0491. The smallest absolute Gasteiger partial charge is 0.335 e. The van der Waals surface area contributed by atoms with E-state index in [1.54, 1.807) is 10.9 Å². The van der Waals surface area contributed by atoms with Gasteiger partial charge in [0.15, 0.2) is 6.10 Å². The molecule has 23 heavy (non-hydrogen) atoms. The summed E-state index contributed by atoms with van der Waals surface area (Å²) in [5, 5.41) is 4.11. The highest BCUT2D eigenvalue weighted by Crippen LogP contribution is 2.35. The molecule has 7 nitrogen and oxygen atoms in total. The third kappa shape index (κ3) is 3.10. The summed E-state index contributed by atoms with van der Waals surface area (Å²) in [6.45, 7) is 2.06. The summed E-state index contributed by atoms with van der Waals surface area (Å²) in [7, 11) is 3.20. The minimum Gasteiger partial charge on any atom is -0.467 e. The first-order valence-electron chi connectivity index (χ1n) is 8.01. The van der Waals surface area contributed by atoms with Crippen molar-refractivity contribution in [2.24, 2.45) is 7.05 Å². The van der Waals surface area contributed by atoms with E-state index in [0.29, 0.717) is 12.8 Å². The van der Waals surface area contributed by atoms with Crippen LogP contribution in [0, 0.1) is 0 Å². The summed E-state index contributed by atoms with van der Waals surface area (Å²) in [6.07, 6.45) is 5.52. The number of aryl methyl sites for hydroxylation is 1. The van der Waals surface area contributed by atoms with Crippen molar-refractivity contribution >= 4 is 11.9 Å². The maximum Gasteiger partial charge on any atom is 0.335 e. The van der Waals surface area contributed by atoms with E-state index in [1.165, 1.54) is 7.11 Å². The molecular weight excluding hydrogens is 298 g/mol. The summed E-state index contributed by atoms with van der Waals surface area (Å²) < 4.78 is 12.3. The monoisotopic (exact) mass is 321 g/mol. The van der Waals surface area contributed by atoms with Gasteiger partial charge in [0.1, 0.15) is 0 Å². The third-order valence-electron chi connectivity index (χ3n) is 4.79. The number of rotatable bonds is 3. The molecule has 1 aromatic heterocycles. The van der Waals surface area contributed by atoms with Crippen molar-refractivity contribution in [3.8, 4) is 0 Å². The Bertz CT molecular complexity index is 600. The van der Waals surface area contributed by atoms with Gasteiger partial charge in [0, 0.05) is 25.7 Å². The first-order chi connectivity index (χ1) is 11.0. The van der Waals surface area contributed by atoms with Crippen LogP contribution in [0.5, 0.6) is 0 Å². The maximum absolute atomic E-state index is 12.8. The number of amides is 1. The zero-order valence-corrected chi connectivity index (χ0v) is 13.8. The first kappa shape index (κ1) is 16.0. The highest BCUT2D eigenvalue weighted by atomic mass is 16.6. The Hall–Kier alpha value is -1.89. The Labute approximate surface area is 135 Å². The van der Waals surface area contributed by atoms with Gasteiger partial charge in [0.25, 0.3) is 0 Å². The summed E-state index contributed by atoms with van der Waals surface area (Å²) in [4.78, 5) is 26.4. The van der Waals surface area contributed by atoms with E-state index in [9.17, 15) is 9.59 Å². The number of piperidine rings is 1. The van der Waals surface area contributed by atoms with E-state index in [4.69, 9.17) is 9.47 Å². The summed E-state index contributed by atoms with van der Waals surface area (Å²) >= 11 is 0. The molecule has 1 aromatic rings. The number of hydrogen-bond donors (Lipinski definition) is 0. The molecular formula is C16H23N3O4. The van der Waals surface area contributed by atoms with Crippen molar-refractivity contribution in [3.05, 3.63) is 18.0 Å². The number of carbonyl (C=O) groups is 2. The van der Waals surface area contributed by atoms with Crippen molar-refractivity contribution in [3.63, 3.8) is 0 Å². The van der Waals surface area contributed by atoms with Gasteiger partial charge in [-0.2, -0.15) is 5.10 Å². The van der Waals surface area contributed by atoms with Crippen LogP contribution in [-0.4, -0.2) is 58.0 Å². The zero-order valence-electron chi connectivity index (χ0n) is 13.8. The van der Waals surface area contributed by atoms with Crippen LogP contribution < -0.4 is 0 Å². The van der Waals surface area contributed by atoms with Gasteiger partial charge in [-0.1, -0.05) is 0 Å². The van der Waals surface area contributed by atoms with E-state index in [2.05, 4.69) is 12.0 Å². The number of aromatic nitrogens is 2. The molecule has 0 spiro atoms. The van der Waals surface area contributed by atoms with Crippen LogP contribution >= 0.6 is 0 Å². The molecule has 2 aliphatic heterocycles. The van der Waals surface area contributed by atoms with E-state index < -0.39 is 6.10 Å². The Morgan fingerprint density at radius 2 is 2.22 bits per heavy atom. The Morgan fingerprint density at radius 3 is 2.87 bits per heavy atom. The molecule has 2 aliphatic rings. The Balaban J connectivity index is 1.73. The fourth-order valence-corrected chi connectivity index (χ4v) is 3.70. The van der Waals surface area contributed by atoms with Crippen LogP contribution in [0.1, 0.15) is 31.7 Å². The number of carbonyl (C=O) groups excluding carboxylic acids is 2. The molecule has 126 valence electrons. The molecule has 3 heterocycles. The zero-order chi connectivity index (χ0) is 16.6. The molecule has 0 N–H and O–H groups in total. The fourth-order valence-electron chi connectivity index (χ4n) is 3.70. The summed E-state index contributed by atoms with van der Waals surface area (Å²) in [6, 6.07) is 0.104. The summed E-state index contributed by atoms with van der Waals surface area (Å²) in [5.74, 6) is -0.291. The molecule has 7 heteroatoms. The highest BCUT2D eigenvalue weighted by molar-refractivity contribution is 5.80. The molecule has 0 saturated carbocycles. The van der Waals surface area contributed by atoms with E-state index in [1.807, 2.05) is 18.1 Å². The third-order valence-corrected chi connectivity index (χ3v) is 4.79. The molecule has 2 saturated heterocycles. The van der Waals surface area contributed by atoms with Crippen molar-refractivity contribution in [2.75, 3.05) is 7.11 Å². The first-order valence-corrected chi connectivity index (χ1v) is 8.01. The highest BCUT2D eigenvalue weighted by Gasteiger charge is 2.47. The molecule has 0 aliphatic carbocycles. The van der Waals surface area contributed by atoms with Crippen LogP contribution in [0.15, 0.2) is 12.4 Å². The van der Waals surface area contributed by atoms with Crippen molar-refractivity contribution < 1.29 is 19.1 Å². The lowest BCUT2D eigenvalue weighted by Gasteiger charge is -2.41. The van der Waals surface area contributed by atoms with Gasteiger partial charge in [-0.15, -0.1) is 0 Å². The molecule has 0 radical (unpaired) electrons. The molecule has 4 atom stereocenters. The molecule has 1 amide bonds. The predicted octanol–water partition coefficient (Wildman–Crippen LogP) is 0.673. The van der Waals surface area contributed by atoms with Crippen LogP contribution in [0.25, 0.3) is 0 Å². The SMILES string of the molecule is COC(=O)[C@@H]1C[C@@H]2[C@@H](CC[C@H](C)N2C(=O)Cc2cnn(C)c2)O1. The number of fused-ring (bicyclic) bond motifs is 1. The van der Waals surface area contributed by atoms with Crippen LogP contribution in [-0.2, 0) is 32.5 Å². The number of ether oxygens (including phenoxy) is 2. The van der Waals surface area contributed by atoms with Crippen LogP contribution in [0.2, 0.25) is 0 Å². The van der Waals surface area contributed by atoms with Gasteiger partial charge in [-0.05, 0) is 25.3 Å². The lowest BCUT2D eigenvalue weighted by Crippen LogP contribution is -2.53. The largest absolute Gasteiger partial charge is 0.467 e. The second kappa shape index (κ2) is 6.31. The molecule has 0 bridgehead atoms. The van der Waals surface area contributed by atoms with Gasteiger partial charge >= 0.3 is 5.97 Å². The van der Waals surface area contributed by atoms with Crippen molar-refractivity contribution in [1.82, 2.24) is 14.7 Å². The molecule has 2 fully saturated rings. The van der Waals surface area contributed by atoms with Gasteiger partial charge in [0.2, 0.25) is 5.91 Å². The normalized spacial score (nSPS) is 30.1. The van der Waals surface area contributed by atoms with Crippen LogP contribution in [0.3, 0.4) is 0 Å². The standard InChI is InChI=1S/C16H23N3O4/c1-10-4-5-13-12(7-14(23-13)16(21)22-3)19(10)15(20)6-11-8-17-18(2)9-11/h8-10,12-14H,4-7H2,1-3H3/t10-,12+,13+,14-/m0/s1. The second-order valence-electron chi connectivity index (χ2n) is 6.42. The van der Waals surface area contributed by atoms with Gasteiger partial charge in [0.05, 0.1) is 31.9 Å². The lowest BCUT2D eigenvalue weighted by atomic mass is 9.92. The molecule has 0 aromatic carbocycles. The fraction of sp³-hybridized carbons (Fsp3) is 0.688. The lowest BCUT2D eigenvalue weighted by molar-refractivity contribution is -0.154. The Morgan fingerprint density at radius 1 is 1.43 bits per heavy atom. The number of hydrogen-bond acceptors (Lipinski definition) is 5. The van der Waals surface area contributed by atoms with Crippen molar-refractivity contribution in [1.29, 1.82) is 0 Å².